The second-order valence-electron chi connectivity index (χ2n) is 5.42. The molecule has 2 nitrogen and oxygen atoms in total. The Morgan fingerprint density at radius 1 is 1.44 bits per heavy atom. The van der Waals surface area contributed by atoms with Crippen LogP contribution in [0.15, 0.2) is 18.2 Å². The molecule has 1 aliphatic rings. The van der Waals surface area contributed by atoms with E-state index in [-0.39, 0.29) is 0 Å². The summed E-state index contributed by atoms with van der Waals surface area (Å²) in [4.78, 5) is 4.34. The lowest BCUT2D eigenvalue weighted by molar-refractivity contribution is 0.513. The summed E-state index contributed by atoms with van der Waals surface area (Å²) in [6.45, 7) is 2.35. The Morgan fingerprint density at radius 2 is 2.33 bits per heavy atom. The summed E-state index contributed by atoms with van der Waals surface area (Å²) >= 11 is 1.48. The lowest BCUT2D eigenvalue weighted by atomic mass is 9.97. The number of hydrogen-bond donors (Lipinski definition) is 0. The summed E-state index contributed by atoms with van der Waals surface area (Å²) < 4.78 is 1.12. The Kier molecular flexibility index (Phi) is 3.05. The van der Waals surface area contributed by atoms with E-state index in [0.29, 0.717) is 5.01 Å². The van der Waals surface area contributed by atoms with Crippen LogP contribution in [-0.2, 0) is 6.42 Å². The van der Waals surface area contributed by atoms with E-state index in [2.05, 4.69) is 36.2 Å². The van der Waals surface area contributed by atoms with Crippen LogP contribution >= 0.6 is 11.3 Å². The van der Waals surface area contributed by atoms with Gasteiger partial charge >= 0.3 is 0 Å². The standard InChI is InChI=1S/C15H16N2S/c1-10-2-3-11(6-10)7-12-4-5-14-13(8-12)17-15(9-16)18-14/h4-5,8,10-11H,2-3,6-7H2,1H3. The summed E-state index contributed by atoms with van der Waals surface area (Å²) in [6.07, 6.45) is 5.26. The SMILES string of the molecule is CC1CCC(Cc2ccc3sc(C#N)nc3c2)C1. The van der Waals surface area contributed by atoms with E-state index in [1.807, 2.05) is 0 Å². The Labute approximate surface area is 111 Å². The minimum Gasteiger partial charge on any atom is -0.226 e. The molecule has 0 aliphatic heterocycles. The molecule has 3 rings (SSSR count). The minimum absolute atomic E-state index is 0.566. The number of nitrogens with zero attached hydrogens (tertiary/aromatic N) is 2. The second kappa shape index (κ2) is 4.70. The van der Waals surface area contributed by atoms with E-state index in [0.717, 1.165) is 22.1 Å². The molecule has 1 fully saturated rings. The van der Waals surface area contributed by atoms with Crippen LogP contribution in [0.4, 0.5) is 0 Å². The molecular formula is C15H16N2S. The highest BCUT2D eigenvalue weighted by molar-refractivity contribution is 7.19. The van der Waals surface area contributed by atoms with Gasteiger partial charge in [-0.1, -0.05) is 19.4 Å². The first-order valence-electron chi connectivity index (χ1n) is 6.54. The zero-order valence-corrected chi connectivity index (χ0v) is 11.3. The van der Waals surface area contributed by atoms with Crippen molar-refractivity contribution in [1.82, 2.24) is 4.98 Å². The molecule has 0 spiro atoms. The normalized spacial score (nSPS) is 23.3. The fourth-order valence-electron chi connectivity index (χ4n) is 2.99. The van der Waals surface area contributed by atoms with Gasteiger partial charge in [-0.25, -0.2) is 4.98 Å². The summed E-state index contributed by atoms with van der Waals surface area (Å²) in [7, 11) is 0. The van der Waals surface area contributed by atoms with Gasteiger partial charge in [-0.3, -0.25) is 0 Å². The highest BCUT2D eigenvalue weighted by Crippen LogP contribution is 2.33. The average Bonchev–Trinajstić information content (AvgIpc) is 2.94. The van der Waals surface area contributed by atoms with Crippen molar-refractivity contribution in [3.8, 4) is 6.07 Å². The highest BCUT2D eigenvalue weighted by atomic mass is 32.1. The number of aromatic nitrogens is 1. The van der Waals surface area contributed by atoms with Crippen molar-refractivity contribution < 1.29 is 0 Å². The van der Waals surface area contributed by atoms with Crippen LogP contribution in [0.5, 0.6) is 0 Å². The number of nitriles is 1. The molecule has 0 amide bonds. The first kappa shape index (κ1) is 11.7. The van der Waals surface area contributed by atoms with Crippen LogP contribution in [0, 0.1) is 23.2 Å². The number of benzene rings is 1. The van der Waals surface area contributed by atoms with Crippen molar-refractivity contribution >= 4 is 21.6 Å². The van der Waals surface area contributed by atoms with Gasteiger partial charge in [0.15, 0.2) is 5.01 Å². The largest absolute Gasteiger partial charge is 0.226 e. The van der Waals surface area contributed by atoms with Crippen molar-refractivity contribution in [1.29, 1.82) is 5.26 Å². The van der Waals surface area contributed by atoms with E-state index in [1.165, 1.54) is 42.6 Å². The molecule has 0 saturated heterocycles. The van der Waals surface area contributed by atoms with Gasteiger partial charge in [0.05, 0.1) is 10.2 Å². The smallest absolute Gasteiger partial charge is 0.195 e. The summed E-state index contributed by atoms with van der Waals surface area (Å²) in [6, 6.07) is 8.60. The highest BCUT2D eigenvalue weighted by Gasteiger charge is 2.21. The molecule has 92 valence electrons. The van der Waals surface area contributed by atoms with E-state index in [9.17, 15) is 0 Å². The van der Waals surface area contributed by atoms with Crippen LogP contribution in [0.25, 0.3) is 10.2 Å². The first-order valence-corrected chi connectivity index (χ1v) is 7.36. The van der Waals surface area contributed by atoms with Gasteiger partial charge in [-0.15, -0.1) is 11.3 Å². The molecule has 2 aromatic rings. The van der Waals surface area contributed by atoms with Gasteiger partial charge in [0.25, 0.3) is 0 Å². The van der Waals surface area contributed by atoms with Gasteiger partial charge < -0.3 is 0 Å². The third kappa shape index (κ3) is 2.26. The average molecular weight is 256 g/mol. The summed E-state index contributed by atoms with van der Waals surface area (Å²) in [5, 5.41) is 9.43. The first-order chi connectivity index (χ1) is 8.74. The van der Waals surface area contributed by atoms with E-state index in [4.69, 9.17) is 5.26 Å². The number of hydrogen-bond acceptors (Lipinski definition) is 3. The molecule has 2 unspecified atom stereocenters. The molecule has 1 heterocycles. The molecule has 0 N–H and O–H groups in total. The fraction of sp³-hybridized carbons (Fsp3) is 0.467. The quantitative estimate of drug-likeness (QED) is 0.809. The monoisotopic (exact) mass is 256 g/mol. The van der Waals surface area contributed by atoms with Crippen molar-refractivity contribution in [2.24, 2.45) is 11.8 Å². The molecule has 3 heteroatoms. The maximum absolute atomic E-state index is 8.86. The Morgan fingerprint density at radius 3 is 3.06 bits per heavy atom. The van der Waals surface area contributed by atoms with Crippen molar-refractivity contribution in [2.75, 3.05) is 0 Å². The number of thiazole rings is 1. The molecular weight excluding hydrogens is 240 g/mol. The minimum atomic E-state index is 0.566. The van der Waals surface area contributed by atoms with Crippen LogP contribution in [0.3, 0.4) is 0 Å². The molecule has 0 bridgehead atoms. The number of rotatable bonds is 2. The Hall–Kier alpha value is -1.40. The molecule has 18 heavy (non-hydrogen) atoms. The molecule has 1 aromatic heterocycles. The predicted octanol–water partition coefficient (Wildman–Crippen LogP) is 4.15. The number of fused-ring (bicyclic) bond motifs is 1. The summed E-state index contributed by atoms with van der Waals surface area (Å²) in [5.41, 5.74) is 2.36. The maximum atomic E-state index is 8.86. The second-order valence-corrected chi connectivity index (χ2v) is 6.45. The molecule has 1 saturated carbocycles. The van der Waals surface area contributed by atoms with Crippen molar-refractivity contribution in [2.45, 2.75) is 32.6 Å². The van der Waals surface area contributed by atoms with E-state index < -0.39 is 0 Å². The van der Waals surface area contributed by atoms with Crippen LogP contribution < -0.4 is 0 Å². The van der Waals surface area contributed by atoms with Gasteiger partial charge in [0.1, 0.15) is 6.07 Å². The lowest BCUT2D eigenvalue weighted by Gasteiger charge is -2.09. The Bertz CT molecular complexity index is 608. The topological polar surface area (TPSA) is 36.7 Å². The Balaban J connectivity index is 1.82. The molecule has 2 atom stereocenters. The van der Waals surface area contributed by atoms with E-state index >= 15 is 0 Å². The van der Waals surface area contributed by atoms with Crippen molar-refractivity contribution in [3.63, 3.8) is 0 Å². The molecule has 1 aromatic carbocycles. The third-order valence-electron chi connectivity index (χ3n) is 3.88. The summed E-state index contributed by atoms with van der Waals surface area (Å²) in [5.74, 6) is 1.73. The van der Waals surface area contributed by atoms with E-state index in [1.54, 1.807) is 0 Å². The molecule has 1 aliphatic carbocycles. The fourth-order valence-corrected chi connectivity index (χ4v) is 3.73. The van der Waals surface area contributed by atoms with Gasteiger partial charge in [0.2, 0.25) is 0 Å². The van der Waals surface area contributed by atoms with Gasteiger partial charge in [-0.05, 0) is 48.8 Å². The van der Waals surface area contributed by atoms with Crippen LogP contribution in [0.1, 0.15) is 36.8 Å². The predicted molar refractivity (Wildman–Crippen MR) is 74.5 cm³/mol. The zero-order chi connectivity index (χ0) is 12.5. The van der Waals surface area contributed by atoms with Gasteiger partial charge in [0, 0.05) is 0 Å². The third-order valence-corrected chi connectivity index (χ3v) is 4.82. The van der Waals surface area contributed by atoms with Crippen molar-refractivity contribution in [3.05, 3.63) is 28.8 Å². The lowest BCUT2D eigenvalue weighted by Crippen LogP contribution is -1.99. The molecule has 0 radical (unpaired) electrons. The zero-order valence-electron chi connectivity index (χ0n) is 10.5. The van der Waals surface area contributed by atoms with Crippen LogP contribution in [0.2, 0.25) is 0 Å². The van der Waals surface area contributed by atoms with Gasteiger partial charge in [-0.2, -0.15) is 5.26 Å². The maximum Gasteiger partial charge on any atom is 0.195 e. The van der Waals surface area contributed by atoms with Crippen LogP contribution in [-0.4, -0.2) is 4.98 Å².